The van der Waals surface area contributed by atoms with Gasteiger partial charge < -0.3 is 10.6 Å². The van der Waals surface area contributed by atoms with Gasteiger partial charge in [-0.15, -0.1) is 11.3 Å². The minimum absolute atomic E-state index is 0.0840. The maximum absolute atomic E-state index is 5.89. The van der Waals surface area contributed by atoms with Crippen molar-refractivity contribution in [1.29, 1.82) is 0 Å². The van der Waals surface area contributed by atoms with Crippen LogP contribution >= 0.6 is 11.3 Å². The number of thiazole rings is 1. The number of hydrogen-bond acceptors (Lipinski definition) is 4. The van der Waals surface area contributed by atoms with Gasteiger partial charge in [0.15, 0.2) is 5.13 Å². The summed E-state index contributed by atoms with van der Waals surface area (Å²) in [6.07, 6.45) is 1.29. The van der Waals surface area contributed by atoms with E-state index in [-0.39, 0.29) is 5.41 Å². The predicted octanol–water partition coefficient (Wildman–Crippen LogP) is 3.38. The molecule has 1 aromatic heterocycles. The highest BCUT2D eigenvalue weighted by molar-refractivity contribution is 7.15. The van der Waals surface area contributed by atoms with Crippen LogP contribution in [0.1, 0.15) is 51.6 Å². The molecule has 1 unspecified atom stereocenters. The van der Waals surface area contributed by atoms with Crippen LogP contribution in [0.25, 0.3) is 0 Å². The van der Waals surface area contributed by atoms with Crippen LogP contribution in [-0.4, -0.2) is 18.1 Å². The molecule has 0 radical (unpaired) electrons. The summed E-state index contributed by atoms with van der Waals surface area (Å²) in [4.78, 5) is 8.59. The van der Waals surface area contributed by atoms with Gasteiger partial charge in [0.05, 0.1) is 5.69 Å². The Balaban J connectivity index is 2.21. The highest BCUT2D eigenvalue weighted by Crippen LogP contribution is 2.36. The Hall–Kier alpha value is -0.610. The Morgan fingerprint density at radius 2 is 2.11 bits per heavy atom. The molecule has 1 aliphatic rings. The Bertz CT molecular complexity index is 431. The summed E-state index contributed by atoms with van der Waals surface area (Å²) in [6, 6.07) is 0. The fraction of sp³-hybridized carbons (Fsp3) is 0.800. The summed E-state index contributed by atoms with van der Waals surface area (Å²) in [7, 11) is 0. The van der Waals surface area contributed by atoms with Gasteiger partial charge in [0.1, 0.15) is 0 Å². The van der Waals surface area contributed by atoms with Gasteiger partial charge in [-0.3, -0.25) is 0 Å². The van der Waals surface area contributed by atoms with E-state index in [9.17, 15) is 0 Å². The number of aromatic nitrogens is 1. The van der Waals surface area contributed by atoms with Crippen molar-refractivity contribution in [2.75, 3.05) is 18.0 Å². The molecule has 0 aromatic carbocycles. The van der Waals surface area contributed by atoms with Crippen molar-refractivity contribution >= 4 is 16.5 Å². The number of nitrogens with two attached hydrogens (primary N) is 1. The second-order valence-electron chi connectivity index (χ2n) is 6.96. The van der Waals surface area contributed by atoms with Crippen molar-refractivity contribution in [1.82, 2.24) is 4.98 Å². The summed E-state index contributed by atoms with van der Waals surface area (Å²) in [5.41, 5.74) is 7.15. The van der Waals surface area contributed by atoms with Gasteiger partial charge in [0, 0.05) is 29.9 Å². The first-order valence-corrected chi connectivity index (χ1v) is 8.09. The monoisotopic (exact) mass is 281 g/mol. The van der Waals surface area contributed by atoms with E-state index < -0.39 is 0 Å². The van der Waals surface area contributed by atoms with Crippen LogP contribution in [-0.2, 0) is 12.0 Å². The zero-order valence-electron chi connectivity index (χ0n) is 12.9. The average Bonchev–Trinajstić information content (AvgIpc) is 2.94. The van der Waals surface area contributed by atoms with E-state index in [2.05, 4.69) is 39.5 Å². The van der Waals surface area contributed by atoms with Gasteiger partial charge in [0.2, 0.25) is 0 Å². The zero-order chi connectivity index (χ0) is 14.2. The van der Waals surface area contributed by atoms with Crippen LogP contribution in [0.3, 0.4) is 0 Å². The SMILES string of the molecule is CC(C)C1CCN(c2nc(C(C)(C)C)c(CN)s2)C1. The van der Waals surface area contributed by atoms with E-state index in [0.717, 1.165) is 24.9 Å². The molecule has 0 saturated carbocycles. The molecule has 19 heavy (non-hydrogen) atoms. The lowest BCUT2D eigenvalue weighted by Crippen LogP contribution is -2.21. The molecule has 4 heteroatoms. The van der Waals surface area contributed by atoms with Crippen molar-refractivity contribution in [3.05, 3.63) is 10.6 Å². The molecule has 1 atom stereocenters. The third kappa shape index (κ3) is 3.11. The van der Waals surface area contributed by atoms with Crippen LogP contribution in [0.5, 0.6) is 0 Å². The number of anilines is 1. The molecule has 3 nitrogen and oxygen atoms in total. The molecule has 2 heterocycles. The summed E-state index contributed by atoms with van der Waals surface area (Å²) in [6.45, 7) is 14.2. The van der Waals surface area contributed by atoms with Gasteiger partial charge in [-0.25, -0.2) is 4.98 Å². The van der Waals surface area contributed by atoms with Crippen LogP contribution in [0.2, 0.25) is 0 Å². The average molecular weight is 281 g/mol. The molecule has 1 fully saturated rings. The Morgan fingerprint density at radius 3 is 2.53 bits per heavy atom. The standard InChI is InChI=1S/C15H27N3S/c1-10(2)11-6-7-18(9-11)14-17-13(15(3,4)5)12(8-16)19-14/h10-11H,6-9,16H2,1-5H3. The maximum Gasteiger partial charge on any atom is 0.185 e. The molecule has 0 bridgehead atoms. The molecule has 0 amide bonds. The van der Waals surface area contributed by atoms with Crippen LogP contribution in [0.15, 0.2) is 0 Å². The lowest BCUT2D eigenvalue weighted by molar-refractivity contribution is 0.422. The minimum Gasteiger partial charge on any atom is -0.348 e. The molecule has 1 saturated heterocycles. The third-order valence-electron chi connectivity index (χ3n) is 4.02. The van der Waals surface area contributed by atoms with Crippen molar-refractivity contribution < 1.29 is 0 Å². The molecule has 2 N–H and O–H groups in total. The molecule has 108 valence electrons. The first-order chi connectivity index (χ1) is 8.82. The lowest BCUT2D eigenvalue weighted by Gasteiger charge is -2.18. The van der Waals surface area contributed by atoms with E-state index in [1.54, 1.807) is 11.3 Å². The second kappa shape index (κ2) is 5.41. The summed E-state index contributed by atoms with van der Waals surface area (Å²) < 4.78 is 0. The van der Waals surface area contributed by atoms with Crippen LogP contribution < -0.4 is 10.6 Å². The van der Waals surface area contributed by atoms with Crippen molar-refractivity contribution in [2.45, 2.75) is 53.0 Å². The lowest BCUT2D eigenvalue weighted by atomic mass is 9.91. The first kappa shape index (κ1) is 14.8. The maximum atomic E-state index is 5.89. The normalized spacial score (nSPS) is 20.6. The Morgan fingerprint density at radius 1 is 1.42 bits per heavy atom. The Kier molecular flexibility index (Phi) is 4.21. The third-order valence-corrected chi connectivity index (χ3v) is 5.16. The Labute approximate surface area is 121 Å². The van der Waals surface area contributed by atoms with Gasteiger partial charge in [-0.05, 0) is 18.3 Å². The summed E-state index contributed by atoms with van der Waals surface area (Å²) in [5.74, 6) is 1.57. The molecular weight excluding hydrogens is 254 g/mol. The fourth-order valence-electron chi connectivity index (χ4n) is 2.70. The van der Waals surface area contributed by atoms with Crippen molar-refractivity contribution in [3.8, 4) is 0 Å². The highest BCUT2D eigenvalue weighted by atomic mass is 32.1. The number of nitrogens with zero attached hydrogens (tertiary/aromatic N) is 2. The second-order valence-corrected chi connectivity index (χ2v) is 8.02. The van der Waals surface area contributed by atoms with Gasteiger partial charge in [0.25, 0.3) is 0 Å². The molecule has 1 aromatic rings. The molecular formula is C15H27N3S. The largest absolute Gasteiger partial charge is 0.348 e. The fourth-order valence-corrected chi connectivity index (χ4v) is 3.89. The molecule has 1 aliphatic heterocycles. The van der Waals surface area contributed by atoms with Crippen LogP contribution in [0.4, 0.5) is 5.13 Å². The minimum atomic E-state index is 0.0840. The van der Waals surface area contributed by atoms with Crippen molar-refractivity contribution in [2.24, 2.45) is 17.6 Å². The molecule has 2 rings (SSSR count). The predicted molar refractivity (Wildman–Crippen MR) is 83.9 cm³/mol. The molecule has 0 aliphatic carbocycles. The quantitative estimate of drug-likeness (QED) is 0.923. The van der Waals surface area contributed by atoms with Crippen LogP contribution in [0, 0.1) is 11.8 Å². The molecule has 0 spiro atoms. The topological polar surface area (TPSA) is 42.2 Å². The summed E-state index contributed by atoms with van der Waals surface area (Å²) >= 11 is 1.79. The smallest absolute Gasteiger partial charge is 0.185 e. The van der Waals surface area contributed by atoms with E-state index in [1.165, 1.54) is 22.1 Å². The van der Waals surface area contributed by atoms with E-state index in [4.69, 9.17) is 10.7 Å². The van der Waals surface area contributed by atoms with E-state index >= 15 is 0 Å². The highest BCUT2D eigenvalue weighted by Gasteiger charge is 2.29. The first-order valence-electron chi connectivity index (χ1n) is 7.28. The van der Waals surface area contributed by atoms with Gasteiger partial charge in [-0.2, -0.15) is 0 Å². The van der Waals surface area contributed by atoms with Gasteiger partial charge in [-0.1, -0.05) is 34.6 Å². The van der Waals surface area contributed by atoms with Gasteiger partial charge >= 0.3 is 0 Å². The van der Waals surface area contributed by atoms with E-state index in [1.807, 2.05) is 0 Å². The van der Waals surface area contributed by atoms with Crippen molar-refractivity contribution in [3.63, 3.8) is 0 Å². The summed E-state index contributed by atoms with van der Waals surface area (Å²) in [5, 5.41) is 1.17. The zero-order valence-corrected chi connectivity index (χ0v) is 13.7. The van der Waals surface area contributed by atoms with E-state index in [0.29, 0.717) is 6.54 Å². The number of hydrogen-bond donors (Lipinski definition) is 1. The number of rotatable bonds is 3.